The summed E-state index contributed by atoms with van der Waals surface area (Å²) in [5, 5.41) is 4.84. The Labute approximate surface area is 157 Å². The number of benzene rings is 2. The number of fused-ring (bicyclic) bond motifs is 2. The number of halogens is 1. The van der Waals surface area contributed by atoms with Crippen molar-refractivity contribution >= 4 is 28.9 Å². The maximum absolute atomic E-state index is 13.5. The SMILES string of the molecule is O=C1NC(=O)[C@@](CN2Cc3ccc(F)cc3C2=O)(c2nc3ccccc3[nH]2)N1. The van der Waals surface area contributed by atoms with Crippen LogP contribution in [0, 0.1) is 5.82 Å². The van der Waals surface area contributed by atoms with Crippen LogP contribution in [-0.4, -0.2) is 39.3 Å². The molecule has 4 amide bonds. The van der Waals surface area contributed by atoms with Crippen LogP contribution in [0.4, 0.5) is 9.18 Å². The van der Waals surface area contributed by atoms with Gasteiger partial charge in [0.2, 0.25) is 0 Å². The van der Waals surface area contributed by atoms with Crippen molar-refractivity contribution in [3.63, 3.8) is 0 Å². The molecule has 3 heterocycles. The predicted octanol–water partition coefficient (Wildman–Crippen LogP) is 1.39. The molecule has 9 heteroatoms. The van der Waals surface area contributed by atoms with E-state index in [1.54, 1.807) is 18.2 Å². The lowest BCUT2D eigenvalue weighted by atomic mass is 9.98. The fourth-order valence-corrected chi connectivity index (χ4v) is 3.75. The quantitative estimate of drug-likeness (QED) is 0.598. The summed E-state index contributed by atoms with van der Waals surface area (Å²) in [4.78, 5) is 46.4. The molecule has 0 saturated carbocycles. The van der Waals surface area contributed by atoms with E-state index in [1.165, 1.54) is 17.0 Å². The highest BCUT2D eigenvalue weighted by atomic mass is 19.1. The number of para-hydroxylation sites is 2. The van der Waals surface area contributed by atoms with E-state index in [9.17, 15) is 18.8 Å². The number of rotatable bonds is 3. The molecule has 2 aliphatic heterocycles. The molecule has 5 rings (SSSR count). The van der Waals surface area contributed by atoms with Gasteiger partial charge in [-0.2, -0.15) is 0 Å². The molecular weight excluding hydrogens is 365 g/mol. The van der Waals surface area contributed by atoms with Crippen LogP contribution in [0.5, 0.6) is 0 Å². The second-order valence-corrected chi connectivity index (χ2v) is 6.88. The number of imidazole rings is 1. The normalized spacial score (nSPS) is 21.2. The minimum Gasteiger partial charge on any atom is -0.339 e. The Kier molecular flexibility index (Phi) is 3.30. The molecule has 3 N–H and O–H groups in total. The Morgan fingerprint density at radius 2 is 1.96 bits per heavy atom. The van der Waals surface area contributed by atoms with Gasteiger partial charge in [0.05, 0.1) is 17.6 Å². The van der Waals surface area contributed by atoms with E-state index in [0.717, 1.165) is 0 Å². The fraction of sp³-hybridized carbons (Fsp3) is 0.158. The molecular formula is C19H14FN5O3. The number of hydrogen-bond donors (Lipinski definition) is 3. The van der Waals surface area contributed by atoms with Gasteiger partial charge >= 0.3 is 6.03 Å². The lowest BCUT2D eigenvalue weighted by molar-refractivity contribution is -0.125. The average Bonchev–Trinajstić information content (AvgIpc) is 3.31. The van der Waals surface area contributed by atoms with Crippen molar-refractivity contribution in [1.82, 2.24) is 25.5 Å². The molecule has 8 nitrogen and oxygen atoms in total. The largest absolute Gasteiger partial charge is 0.339 e. The first-order valence-electron chi connectivity index (χ1n) is 8.63. The summed E-state index contributed by atoms with van der Waals surface area (Å²) in [6.45, 7) is 0.0686. The summed E-state index contributed by atoms with van der Waals surface area (Å²) >= 11 is 0. The van der Waals surface area contributed by atoms with Crippen LogP contribution < -0.4 is 10.6 Å². The van der Waals surface area contributed by atoms with Gasteiger partial charge in [-0.15, -0.1) is 0 Å². The molecule has 0 unspecified atom stereocenters. The highest BCUT2D eigenvalue weighted by Gasteiger charge is 2.52. The third-order valence-electron chi connectivity index (χ3n) is 5.11. The minimum absolute atomic E-state index is 0.139. The number of urea groups is 1. The van der Waals surface area contributed by atoms with E-state index < -0.39 is 29.2 Å². The maximum Gasteiger partial charge on any atom is 0.322 e. The molecule has 0 radical (unpaired) electrons. The average molecular weight is 379 g/mol. The van der Waals surface area contributed by atoms with Gasteiger partial charge in [-0.05, 0) is 29.8 Å². The maximum atomic E-state index is 13.5. The molecule has 140 valence electrons. The van der Waals surface area contributed by atoms with Gasteiger partial charge in [-0.1, -0.05) is 18.2 Å². The second-order valence-electron chi connectivity index (χ2n) is 6.88. The van der Waals surface area contributed by atoms with Crippen LogP contribution in [0.1, 0.15) is 21.7 Å². The van der Waals surface area contributed by atoms with Gasteiger partial charge in [0.15, 0.2) is 5.54 Å². The third kappa shape index (κ3) is 2.29. The highest BCUT2D eigenvalue weighted by molar-refractivity contribution is 6.08. The second kappa shape index (κ2) is 5.62. The van der Waals surface area contributed by atoms with Crippen molar-refractivity contribution in [2.24, 2.45) is 0 Å². The summed E-state index contributed by atoms with van der Waals surface area (Å²) in [6.07, 6.45) is 0. The van der Waals surface area contributed by atoms with Crippen molar-refractivity contribution in [2.75, 3.05) is 6.54 Å². The molecule has 1 fully saturated rings. The van der Waals surface area contributed by atoms with Crippen molar-refractivity contribution < 1.29 is 18.8 Å². The Balaban J connectivity index is 1.56. The number of nitrogens with one attached hydrogen (secondary N) is 3. The molecule has 3 aromatic rings. The smallest absolute Gasteiger partial charge is 0.322 e. The van der Waals surface area contributed by atoms with Crippen LogP contribution in [0.25, 0.3) is 11.0 Å². The summed E-state index contributed by atoms with van der Waals surface area (Å²) in [7, 11) is 0. The lowest BCUT2D eigenvalue weighted by Crippen LogP contribution is -2.53. The Bertz CT molecular complexity index is 1140. The summed E-state index contributed by atoms with van der Waals surface area (Å²) < 4.78 is 13.5. The fourth-order valence-electron chi connectivity index (χ4n) is 3.75. The van der Waals surface area contributed by atoms with E-state index in [1.807, 2.05) is 12.1 Å². The molecule has 1 aromatic heterocycles. The number of hydrogen-bond acceptors (Lipinski definition) is 4. The number of H-pyrrole nitrogens is 1. The molecule has 0 bridgehead atoms. The van der Waals surface area contributed by atoms with Gasteiger partial charge in [0.1, 0.15) is 11.6 Å². The van der Waals surface area contributed by atoms with Gasteiger partial charge in [0.25, 0.3) is 11.8 Å². The summed E-state index contributed by atoms with van der Waals surface area (Å²) in [6, 6.07) is 10.5. The number of imide groups is 1. The summed E-state index contributed by atoms with van der Waals surface area (Å²) in [5.74, 6) is -1.29. The van der Waals surface area contributed by atoms with Gasteiger partial charge in [0, 0.05) is 12.1 Å². The summed E-state index contributed by atoms with van der Waals surface area (Å²) in [5.41, 5.74) is 0.681. The number of carbonyl (C=O) groups is 3. The van der Waals surface area contributed by atoms with Gasteiger partial charge in [-0.3, -0.25) is 14.9 Å². The topological polar surface area (TPSA) is 107 Å². The van der Waals surface area contributed by atoms with Gasteiger partial charge < -0.3 is 15.2 Å². The number of carbonyl (C=O) groups excluding carboxylic acids is 3. The number of aromatic amines is 1. The molecule has 2 aromatic carbocycles. The van der Waals surface area contributed by atoms with Crippen LogP contribution >= 0.6 is 0 Å². The lowest BCUT2D eigenvalue weighted by Gasteiger charge is -2.29. The monoisotopic (exact) mass is 379 g/mol. The van der Waals surface area contributed by atoms with E-state index in [2.05, 4.69) is 20.6 Å². The number of amides is 4. The zero-order valence-electron chi connectivity index (χ0n) is 14.5. The first-order valence-corrected chi connectivity index (χ1v) is 8.63. The molecule has 0 aliphatic carbocycles. The Hall–Kier alpha value is -3.75. The Morgan fingerprint density at radius 1 is 1.14 bits per heavy atom. The standard InChI is InChI=1S/C19H14FN5O3/c20-11-6-5-10-8-25(15(26)12(10)7-11)9-19(17(27)23-18(28)24-19)16-21-13-3-1-2-4-14(13)22-16/h1-7H,8-9H2,(H,21,22)(H2,23,24,27,28)/t19-/m1/s1. The minimum atomic E-state index is -1.56. The zero-order chi connectivity index (χ0) is 19.5. The molecule has 0 spiro atoms. The first kappa shape index (κ1) is 16.4. The number of nitrogens with zero attached hydrogens (tertiary/aromatic N) is 2. The third-order valence-corrected chi connectivity index (χ3v) is 5.11. The predicted molar refractivity (Wildman–Crippen MR) is 95.6 cm³/mol. The number of aromatic nitrogens is 2. The van der Waals surface area contributed by atoms with Crippen LogP contribution in [0.3, 0.4) is 0 Å². The van der Waals surface area contributed by atoms with Gasteiger partial charge in [-0.25, -0.2) is 14.2 Å². The molecule has 28 heavy (non-hydrogen) atoms. The van der Waals surface area contributed by atoms with Crippen LogP contribution in [0.2, 0.25) is 0 Å². The van der Waals surface area contributed by atoms with E-state index in [-0.39, 0.29) is 24.5 Å². The highest BCUT2D eigenvalue weighted by Crippen LogP contribution is 2.31. The molecule has 1 atom stereocenters. The molecule has 1 saturated heterocycles. The van der Waals surface area contributed by atoms with Crippen molar-refractivity contribution in [3.05, 3.63) is 65.2 Å². The first-order chi connectivity index (χ1) is 13.5. The Morgan fingerprint density at radius 3 is 2.71 bits per heavy atom. The van der Waals surface area contributed by atoms with E-state index >= 15 is 0 Å². The van der Waals surface area contributed by atoms with Crippen LogP contribution in [-0.2, 0) is 16.9 Å². The van der Waals surface area contributed by atoms with Crippen molar-refractivity contribution in [1.29, 1.82) is 0 Å². The van der Waals surface area contributed by atoms with E-state index in [4.69, 9.17) is 0 Å². The van der Waals surface area contributed by atoms with Crippen LogP contribution in [0.15, 0.2) is 42.5 Å². The zero-order valence-corrected chi connectivity index (χ0v) is 14.5. The van der Waals surface area contributed by atoms with E-state index in [0.29, 0.717) is 16.6 Å². The van der Waals surface area contributed by atoms with Crippen molar-refractivity contribution in [2.45, 2.75) is 12.1 Å². The van der Waals surface area contributed by atoms with Crippen molar-refractivity contribution in [3.8, 4) is 0 Å². The molecule has 2 aliphatic rings.